The van der Waals surface area contributed by atoms with Gasteiger partial charge in [-0.25, -0.2) is 0 Å². The van der Waals surface area contributed by atoms with E-state index in [4.69, 9.17) is 5.73 Å². The first kappa shape index (κ1) is 19.4. The van der Waals surface area contributed by atoms with Crippen LogP contribution < -0.4 is 16.4 Å². The van der Waals surface area contributed by atoms with Crippen molar-refractivity contribution in [3.8, 4) is 0 Å². The number of benzene rings is 1. The van der Waals surface area contributed by atoms with E-state index in [2.05, 4.69) is 10.6 Å². The molecular weight excluding hydrogens is 290 g/mol. The molecule has 5 nitrogen and oxygen atoms in total. The highest BCUT2D eigenvalue weighted by Gasteiger charge is 2.21. The highest BCUT2D eigenvalue weighted by atomic mass is 35.5. The molecule has 0 aliphatic carbocycles. The van der Waals surface area contributed by atoms with Crippen LogP contribution in [0.3, 0.4) is 0 Å². The van der Waals surface area contributed by atoms with Gasteiger partial charge in [-0.1, -0.05) is 37.3 Å². The SMILES string of the molecule is CCC(C)NC(=O)C(C)NC(=O)C(N)c1ccccc1.Cl. The van der Waals surface area contributed by atoms with Gasteiger partial charge in [-0.15, -0.1) is 12.4 Å². The second-order valence-corrected chi connectivity index (χ2v) is 4.94. The predicted molar refractivity (Wildman–Crippen MR) is 86.1 cm³/mol. The van der Waals surface area contributed by atoms with Crippen molar-refractivity contribution >= 4 is 24.2 Å². The van der Waals surface area contributed by atoms with Crippen molar-refractivity contribution in [2.24, 2.45) is 5.73 Å². The number of carbonyl (C=O) groups is 2. The maximum Gasteiger partial charge on any atom is 0.242 e. The molecule has 0 radical (unpaired) electrons. The fraction of sp³-hybridized carbons (Fsp3) is 0.467. The lowest BCUT2D eigenvalue weighted by Crippen LogP contribution is -2.49. The number of amides is 2. The molecule has 0 spiro atoms. The van der Waals surface area contributed by atoms with Gasteiger partial charge in [0.2, 0.25) is 11.8 Å². The third-order valence-corrected chi connectivity index (χ3v) is 3.19. The molecule has 0 saturated carbocycles. The number of hydrogen-bond donors (Lipinski definition) is 3. The van der Waals surface area contributed by atoms with Crippen LogP contribution in [0.15, 0.2) is 30.3 Å². The monoisotopic (exact) mass is 313 g/mol. The maximum absolute atomic E-state index is 12.0. The number of nitrogens with one attached hydrogen (secondary N) is 2. The summed E-state index contributed by atoms with van der Waals surface area (Å²) >= 11 is 0. The van der Waals surface area contributed by atoms with Crippen LogP contribution in [0.5, 0.6) is 0 Å². The van der Waals surface area contributed by atoms with Gasteiger partial charge in [0.25, 0.3) is 0 Å². The molecule has 0 heterocycles. The summed E-state index contributed by atoms with van der Waals surface area (Å²) in [5.41, 5.74) is 6.59. The van der Waals surface area contributed by atoms with Crippen LogP contribution in [0.4, 0.5) is 0 Å². The summed E-state index contributed by atoms with van der Waals surface area (Å²) in [7, 11) is 0. The van der Waals surface area contributed by atoms with Crippen LogP contribution in [0.2, 0.25) is 0 Å². The molecule has 0 aromatic heterocycles. The fourth-order valence-corrected chi connectivity index (χ4v) is 1.65. The van der Waals surface area contributed by atoms with Crippen molar-refractivity contribution < 1.29 is 9.59 Å². The second-order valence-electron chi connectivity index (χ2n) is 4.94. The van der Waals surface area contributed by atoms with Crippen molar-refractivity contribution in [3.05, 3.63) is 35.9 Å². The average molecular weight is 314 g/mol. The molecule has 1 aromatic carbocycles. The molecule has 0 saturated heterocycles. The highest BCUT2D eigenvalue weighted by molar-refractivity contribution is 5.90. The number of hydrogen-bond acceptors (Lipinski definition) is 3. The van der Waals surface area contributed by atoms with E-state index < -0.39 is 12.1 Å². The van der Waals surface area contributed by atoms with Gasteiger partial charge in [-0.3, -0.25) is 9.59 Å². The Bertz CT molecular complexity index is 453. The Balaban J connectivity index is 0.00000400. The summed E-state index contributed by atoms with van der Waals surface area (Å²) in [6, 6.07) is 7.78. The normalized spacial score (nSPS) is 14.3. The quantitative estimate of drug-likeness (QED) is 0.744. The number of rotatable bonds is 6. The van der Waals surface area contributed by atoms with Crippen molar-refractivity contribution in [3.63, 3.8) is 0 Å². The zero-order valence-electron chi connectivity index (χ0n) is 12.6. The lowest BCUT2D eigenvalue weighted by Gasteiger charge is -2.19. The summed E-state index contributed by atoms with van der Waals surface area (Å²) in [4.78, 5) is 23.8. The van der Waals surface area contributed by atoms with Gasteiger partial charge < -0.3 is 16.4 Å². The van der Waals surface area contributed by atoms with Crippen LogP contribution in [-0.4, -0.2) is 23.9 Å². The van der Waals surface area contributed by atoms with Crippen molar-refractivity contribution in [1.29, 1.82) is 0 Å². The van der Waals surface area contributed by atoms with E-state index in [9.17, 15) is 9.59 Å². The molecule has 1 rings (SSSR count). The van der Waals surface area contributed by atoms with Gasteiger partial charge >= 0.3 is 0 Å². The third-order valence-electron chi connectivity index (χ3n) is 3.19. The molecule has 1 aromatic rings. The average Bonchev–Trinajstić information content (AvgIpc) is 2.46. The first-order valence-electron chi connectivity index (χ1n) is 6.87. The van der Waals surface area contributed by atoms with E-state index >= 15 is 0 Å². The minimum atomic E-state index is -0.768. The Labute approximate surface area is 132 Å². The lowest BCUT2D eigenvalue weighted by molar-refractivity contribution is -0.129. The molecule has 2 amide bonds. The fourth-order valence-electron chi connectivity index (χ4n) is 1.65. The molecule has 3 unspecified atom stereocenters. The number of carbonyl (C=O) groups excluding carboxylic acids is 2. The zero-order valence-corrected chi connectivity index (χ0v) is 13.4. The Morgan fingerprint density at radius 1 is 1.10 bits per heavy atom. The first-order chi connectivity index (χ1) is 9.45. The molecule has 0 fully saturated rings. The minimum Gasteiger partial charge on any atom is -0.352 e. The van der Waals surface area contributed by atoms with Crippen LogP contribution in [0.25, 0.3) is 0 Å². The molecular formula is C15H24ClN3O2. The van der Waals surface area contributed by atoms with E-state index in [0.717, 1.165) is 12.0 Å². The van der Waals surface area contributed by atoms with E-state index in [1.54, 1.807) is 19.1 Å². The molecule has 21 heavy (non-hydrogen) atoms. The third kappa shape index (κ3) is 6.14. The first-order valence-corrected chi connectivity index (χ1v) is 6.87. The van der Waals surface area contributed by atoms with Gasteiger partial charge in [0, 0.05) is 6.04 Å². The van der Waals surface area contributed by atoms with Crippen molar-refractivity contribution in [2.45, 2.75) is 45.3 Å². The summed E-state index contributed by atoms with van der Waals surface area (Å²) in [6.45, 7) is 5.55. The predicted octanol–water partition coefficient (Wildman–Crippen LogP) is 1.53. The molecule has 3 atom stereocenters. The molecule has 118 valence electrons. The second kappa shape index (κ2) is 9.37. The van der Waals surface area contributed by atoms with Gasteiger partial charge in [0.1, 0.15) is 12.1 Å². The molecule has 0 bridgehead atoms. The molecule has 6 heteroatoms. The van der Waals surface area contributed by atoms with Crippen LogP contribution in [0.1, 0.15) is 38.8 Å². The van der Waals surface area contributed by atoms with E-state index in [0.29, 0.717) is 0 Å². The Morgan fingerprint density at radius 2 is 1.67 bits per heavy atom. The number of nitrogens with two attached hydrogens (primary N) is 1. The summed E-state index contributed by atoms with van der Waals surface area (Å²) in [5.74, 6) is -0.559. The van der Waals surface area contributed by atoms with Gasteiger partial charge in [0.15, 0.2) is 0 Å². The standard InChI is InChI=1S/C15H23N3O2.ClH/c1-4-10(2)17-14(19)11(3)18-15(20)13(16)12-8-6-5-7-9-12;/h5-11,13H,4,16H2,1-3H3,(H,17,19)(H,18,20);1H. The summed E-state index contributed by atoms with van der Waals surface area (Å²) in [6.07, 6.45) is 0.843. The molecule has 0 aliphatic heterocycles. The van der Waals surface area contributed by atoms with Crippen LogP contribution in [0, 0.1) is 0 Å². The smallest absolute Gasteiger partial charge is 0.242 e. The Morgan fingerprint density at radius 3 is 2.19 bits per heavy atom. The van der Waals surface area contributed by atoms with Gasteiger partial charge in [-0.05, 0) is 25.8 Å². The Hall–Kier alpha value is -1.59. The van der Waals surface area contributed by atoms with E-state index in [1.807, 2.05) is 32.0 Å². The topological polar surface area (TPSA) is 84.2 Å². The van der Waals surface area contributed by atoms with Gasteiger partial charge in [0.05, 0.1) is 0 Å². The maximum atomic E-state index is 12.0. The van der Waals surface area contributed by atoms with Crippen LogP contribution >= 0.6 is 12.4 Å². The minimum absolute atomic E-state index is 0. The molecule has 0 aliphatic rings. The van der Waals surface area contributed by atoms with Gasteiger partial charge in [-0.2, -0.15) is 0 Å². The van der Waals surface area contributed by atoms with E-state index in [-0.39, 0.29) is 30.3 Å². The lowest BCUT2D eigenvalue weighted by atomic mass is 10.1. The largest absolute Gasteiger partial charge is 0.352 e. The highest BCUT2D eigenvalue weighted by Crippen LogP contribution is 2.09. The molecule has 4 N–H and O–H groups in total. The van der Waals surface area contributed by atoms with E-state index in [1.165, 1.54) is 0 Å². The summed E-state index contributed by atoms with van der Waals surface area (Å²) < 4.78 is 0. The Kier molecular flexibility index (Phi) is 8.66. The summed E-state index contributed by atoms with van der Waals surface area (Å²) in [5, 5.41) is 5.45. The van der Waals surface area contributed by atoms with Crippen molar-refractivity contribution in [1.82, 2.24) is 10.6 Å². The van der Waals surface area contributed by atoms with Crippen molar-refractivity contribution in [2.75, 3.05) is 0 Å². The number of halogens is 1. The zero-order chi connectivity index (χ0) is 15.1. The van der Waals surface area contributed by atoms with Crippen LogP contribution in [-0.2, 0) is 9.59 Å².